The van der Waals surface area contributed by atoms with Crippen LogP contribution in [0.1, 0.15) is 34.1 Å². The molecule has 0 unspecified atom stereocenters. The second-order valence-electron chi connectivity index (χ2n) is 8.82. The molecule has 2 rings (SSSR count). The zero-order valence-electron chi connectivity index (χ0n) is 18.7. The summed E-state index contributed by atoms with van der Waals surface area (Å²) in [6, 6.07) is 20.9. The Balaban J connectivity index is 2.39. The minimum Gasteiger partial charge on any atom is -0.407 e. The van der Waals surface area contributed by atoms with Gasteiger partial charge in [0.2, 0.25) is 0 Å². The molecule has 0 saturated heterocycles. The summed E-state index contributed by atoms with van der Waals surface area (Å²) < 4.78 is 34.9. The lowest BCUT2D eigenvalue weighted by molar-refractivity contribution is 0.174. The van der Waals surface area contributed by atoms with Gasteiger partial charge in [-0.15, -0.1) is 6.58 Å². The van der Waals surface area contributed by atoms with E-state index >= 15 is 0 Å². The molecule has 0 heterocycles. The van der Waals surface area contributed by atoms with Gasteiger partial charge in [0, 0.05) is 12.5 Å². The summed E-state index contributed by atoms with van der Waals surface area (Å²) in [4.78, 5) is 0. The van der Waals surface area contributed by atoms with Gasteiger partial charge >= 0.3 is 0 Å². The van der Waals surface area contributed by atoms with Crippen LogP contribution in [0.2, 0.25) is 5.04 Å². The van der Waals surface area contributed by atoms with Gasteiger partial charge in [-0.3, -0.25) is 4.18 Å². The summed E-state index contributed by atoms with van der Waals surface area (Å²) in [5, 5.41) is 2.31. The molecule has 0 spiro atoms. The third kappa shape index (κ3) is 6.14. The molecule has 0 saturated carbocycles. The lowest BCUT2D eigenvalue weighted by atomic mass is 10.0. The summed E-state index contributed by atoms with van der Waals surface area (Å²) in [7, 11) is -6.13. The molecule has 0 radical (unpaired) electrons. The summed E-state index contributed by atoms with van der Waals surface area (Å²) in [5.74, 6) is -0.0246. The van der Waals surface area contributed by atoms with Gasteiger partial charge < -0.3 is 4.43 Å². The van der Waals surface area contributed by atoms with Crippen molar-refractivity contribution in [2.45, 2.75) is 45.3 Å². The van der Waals surface area contributed by atoms with Crippen LogP contribution in [0.4, 0.5) is 0 Å². The van der Waals surface area contributed by atoms with Crippen molar-refractivity contribution in [3.05, 3.63) is 73.3 Å². The van der Waals surface area contributed by atoms with Crippen molar-refractivity contribution in [1.29, 1.82) is 0 Å². The van der Waals surface area contributed by atoms with E-state index in [1.807, 2.05) is 18.2 Å². The van der Waals surface area contributed by atoms with Gasteiger partial charge in [-0.25, -0.2) is 0 Å². The van der Waals surface area contributed by atoms with E-state index in [0.29, 0.717) is 13.0 Å². The highest BCUT2D eigenvalue weighted by molar-refractivity contribution is 7.86. The summed E-state index contributed by atoms with van der Waals surface area (Å²) in [6.07, 6.45) is 2.99. The van der Waals surface area contributed by atoms with E-state index in [0.717, 1.165) is 6.26 Å². The Bertz CT molecular complexity index is 866. The first-order valence-electron chi connectivity index (χ1n) is 10.3. The highest BCUT2D eigenvalue weighted by Crippen LogP contribution is 2.37. The molecule has 0 bridgehead atoms. The molecular formula is C24H34O4SSi. The van der Waals surface area contributed by atoms with Crippen LogP contribution in [0, 0.1) is 5.92 Å². The molecule has 0 amide bonds. The van der Waals surface area contributed by atoms with Crippen molar-refractivity contribution in [3.63, 3.8) is 0 Å². The molecule has 2 aromatic rings. The van der Waals surface area contributed by atoms with E-state index in [9.17, 15) is 8.42 Å². The predicted molar refractivity (Wildman–Crippen MR) is 127 cm³/mol. The van der Waals surface area contributed by atoms with Crippen molar-refractivity contribution >= 4 is 28.8 Å². The van der Waals surface area contributed by atoms with Crippen LogP contribution in [-0.2, 0) is 18.7 Å². The third-order valence-electron chi connectivity index (χ3n) is 5.24. The molecule has 0 fully saturated rings. The standard InChI is InChI=1S/C24H34O4SSi/c1-7-21(18-20(2)28-29(6,25)26)19-27-30(24(3,4)5,22-14-10-8-11-15-22)23-16-12-9-13-17-23/h7-17,20-21H,1,18-19H2,2-6H3/t20-,21-/m0/s1. The van der Waals surface area contributed by atoms with Gasteiger partial charge in [0.1, 0.15) is 0 Å². The zero-order valence-corrected chi connectivity index (χ0v) is 20.5. The summed E-state index contributed by atoms with van der Waals surface area (Å²) >= 11 is 0. The SMILES string of the molecule is C=C[C@H](CO[Si](c1ccccc1)(c1ccccc1)C(C)(C)C)C[C@H](C)OS(C)(=O)=O. The average molecular weight is 447 g/mol. The summed E-state index contributed by atoms with van der Waals surface area (Å²) in [5.41, 5.74) is 0. The van der Waals surface area contributed by atoms with Crippen LogP contribution in [0.3, 0.4) is 0 Å². The lowest BCUT2D eigenvalue weighted by Crippen LogP contribution is -2.66. The van der Waals surface area contributed by atoms with E-state index in [4.69, 9.17) is 8.61 Å². The van der Waals surface area contributed by atoms with Gasteiger partial charge in [-0.1, -0.05) is 87.5 Å². The molecule has 164 valence electrons. The fourth-order valence-corrected chi connectivity index (χ4v) is 9.28. The van der Waals surface area contributed by atoms with Crippen molar-refractivity contribution < 1.29 is 17.0 Å². The van der Waals surface area contributed by atoms with Crippen molar-refractivity contribution in [2.75, 3.05) is 12.9 Å². The molecule has 2 atom stereocenters. The van der Waals surface area contributed by atoms with Crippen molar-refractivity contribution in [2.24, 2.45) is 5.92 Å². The number of hydrogen-bond acceptors (Lipinski definition) is 4. The fraction of sp³-hybridized carbons (Fsp3) is 0.417. The first-order chi connectivity index (χ1) is 14.0. The van der Waals surface area contributed by atoms with Crippen LogP contribution in [0.5, 0.6) is 0 Å². The van der Waals surface area contributed by atoms with Crippen LogP contribution in [0.25, 0.3) is 0 Å². The molecule has 0 aromatic heterocycles. The second kappa shape index (κ2) is 10.0. The average Bonchev–Trinajstić information content (AvgIpc) is 2.66. The zero-order chi connectivity index (χ0) is 22.4. The Morgan fingerprint density at radius 2 is 1.47 bits per heavy atom. The predicted octanol–water partition coefficient (Wildman–Crippen LogP) is 4.12. The lowest BCUT2D eigenvalue weighted by Gasteiger charge is -2.43. The van der Waals surface area contributed by atoms with E-state index < -0.39 is 24.5 Å². The van der Waals surface area contributed by atoms with Gasteiger partial charge in [0.15, 0.2) is 0 Å². The highest BCUT2D eigenvalue weighted by Gasteiger charge is 2.50. The molecule has 2 aromatic carbocycles. The molecule has 0 aliphatic rings. The van der Waals surface area contributed by atoms with Crippen LogP contribution in [0.15, 0.2) is 73.3 Å². The third-order valence-corrected chi connectivity index (χ3v) is 10.9. The normalized spacial score (nSPS) is 14.8. The monoisotopic (exact) mass is 446 g/mol. The topological polar surface area (TPSA) is 52.6 Å². The molecule has 4 nitrogen and oxygen atoms in total. The molecule has 0 N–H and O–H groups in total. The number of benzene rings is 2. The van der Waals surface area contributed by atoms with Crippen LogP contribution >= 0.6 is 0 Å². The quantitative estimate of drug-likeness (QED) is 0.313. The van der Waals surface area contributed by atoms with Crippen LogP contribution in [-0.4, -0.2) is 35.7 Å². The van der Waals surface area contributed by atoms with Gasteiger partial charge in [0.05, 0.1) is 12.4 Å². The Labute approximate surface area is 183 Å². The Morgan fingerprint density at radius 1 is 1.00 bits per heavy atom. The maximum Gasteiger partial charge on any atom is 0.264 e. The first kappa shape index (κ1) is 24.5. The Hall–Kier alpha value is -1.73. The second-order valence-corrected chi connectivity index (χ2v) is 14.7. The van der Waals surface area contributed by atoms with Crippen molar-refractivity contribution in [1.82, 2.24) is 0 Å². The maximum absolute atomic E-state index is 11.5. The molecule has 30 heavy (non-hydrogen) atoms. The van der Waals surface area contributed by atoms with Crippen molar-refractivity contribution in [3.8, 4) is 0 Å². The first-order valence-corrected chi connectivity index (χ1v) is 14.0. The smallest absolute Gasteiger partial charge is 0.264 e. The number of rotatable bonds is 10. The molecule has 0 aliphatic carbocycles. The maximum atomic E-state index is 11.5. The molecule has 6 heteroatoms. The van der Waals surface area contributed by atoms with Gasteiger partial charge in [-0.05, 0) is 28.8 Å². The Kier molecular flexibility index (Phi) is 8.22. The van der Waals surface area contributed by atoms with E-state index in [-0.39, 0.29) is 11.0 Å². The van der Waals surface area contributed by atoms with E-state index in [2.05, 4.69) is 75.9 Å². The molecular weight excluding hydrogens is 412 g/mol. The molecule has 0 aliphatic heterocycles. The minimum absolute atomic E-state index is 0.0246. The van der Waals surface area contributed by atoms with E-state index in [1.54, 1.807) is 6.92 Å². The minimum atomic E-state index is -3.50. The largest absolute Gasteiger partial charge is 0.407 e. The summed E-state index contributed by atoms with van der Waals surface area (Å²) in [6.45, 7) is 12.9. The fourth-order valence-electron chi connectivity index (χ4n) is 3.99. The highest BCUT2D eigenvalue weighted by atomic mass is 32.2. The Morgan fingerprint density at radius 3 is 1.83 bits per heavy atom. The van der Waals surface area contributed by atoms with Gasteiger partial charge in [0.25, 0.3) is 18.4 Å². The van der Waals surface area contributed by atoms with Gasteiger partial charge in [-0.2, -0.15) is 8.42 Å². The number of hydrogen-bond donors (Lipinski definition) is 0. The van der Waals surface area contributed by atoms with Crippen LogP contribution < -0.4 is 10.4 Å². The van der Waals surface area contributed by atoms with E-state index in [1.165, 1.54) is 10.4 Å².